The van der Waals surface area contributed by atoms with Crippen LogP contribution in [0.1, 0.15) is 56.1 Å². The van der Waals surface area contributed by atoms with Crippen molar-refractivity contribution in [3.8, 4) is 0 Å². The maximum atomic E-state index is 12.3. The van der Waals surface area contributed by atoms with Gasteiger partial charge in [0.15, 0.2) is 0 Å². The van der Waals surface area contributed by atoms with Crippen LogP contribution in [-0.2, 0) is 4.79 Å². The van der Waals surface area contributed by atoms with Crippen molar-refractivity contribution in [2.45, 2.75) is 46.1 Å². The number of hydrogen-bond donors (Lipinski definition) is 2. The minimum atomic E-state index is -1.05. The Hall–Kier alpha value is -2.44. The van der Waals surface area contributed by atoms with Gasteiger partial charge in [-0.1, -0.05) is 32.9 Å². The van der Waals surface area contributed by atoms with Crippen LogP contribution in [0.25, 0.3) is 11.1 Å². The lowest BCUT2D eigenvalue weighted by Crippen LogP contribution is -2.41. The molecule has 23 heavy (non-hydrogen) atoms. The minimum absolute atomic E-state index is 0.129. The van der Waals surface area contributed by atoms with Gasteiger partial charge in [0, 0.05) is 6.20 Å². The smallest absolute Gasteiger partial charge is 0.326 e. The number of fused-ring (bicyclic) bond motifs is 1. The molecule has 2 N–H and O–H groups in total. The van der Waals surface area contributed by atoms with Gasteiger partial charge in [-0.15, -0.1) is 0 Å². The molecule has 2 aromatic heterocycles. The molecule has 0 aromatic carbocycles. The quantitative estimate of drug-likeness (QED) is 0.847. The fourth-order valence-electron chi connectivity index (χ4n) is 2.33. The Morgan fingerprint density at radius 1 is 1.30 bits per heavy atom. The first-order valence-electron chi connectivity index (χ1n) is 7.58. The lowest BCUT2D eigenvalue weighted by atomic mass is 10.0. The van der Waals surface area contributed by atoms with E-state index in [1.807, 2.05) is 27.7 Å². The number of hydrogen-bond acceptors (Lipinski definition) is 5. The zero-order valence-corrected chi connectivity index (χ0v) is 13.7. The van der Waals surface area contributed by atoms with Gasteiger partial charge in [-0.3, -0.25) is 4.79 Å². The van der Waals surface area contributed by atoms with E-state index in [0.717, 1.165) is 5.69 Å². The second-order valence-corrected chi connectivity index (χ2v) is 6.29. The maximum absolute atomic E-state index is 12.3. The number of aliphatic carboxylic acids is 1. The normalized spacial score (nSPS) is 12.8. The van der Waals surface area contributed by atoms with Crippen molar-refractivity contribution < 1.29 is 19.2 Å². The predicted octanol–water partition coefficient (Wildman–Crippen LogP) is 2.58. The Balaban J connectivity index is 2.26. The van der Waals surface area contributed by atoms with Crippen LogP contribution in [0.5, 0.6) is 0 Å². The first-order chi connectivity index (χ1) is 10.8. The van der Waals surface area contributed by atoms with Gasteiger partial charge in [0.05, 0.1) is 16.6 Å². The lowest BCUT2D eigenvalue weighted by Gasteiger charge is -2.16. The summed E-state index contributed by atoms with van der Waals surface area (Å²) in [5.74, 6) is -1.23. The zero-order chi connectivity index (χ0) is 17.1. The highest BCUT2D eigenvalue weighted by molar-refractivity contribution is 5.98. The van der Waals surface area contributed by atoms with E-state index >= 15 is 0 Å². The molecule has 0 saturated heterocycles. The summed E-state index contributed by atoms with van der Waals surface area (Å²) in [4.78, 5) is 27.7. The Bertz CT molecular complexity index is 721. The second kappa shape index (κ2) is 6.76. The van der Waals surface area contributed by atoms with Crippen LogP contribution < -0.4 is 5.32 Å². The Kier molecular flexibility index (Phi) is 4.98. The van der Waals surface area contributed by atoms with Gasteiger partial charge in [-0.05, 0) is 24.3 Å². The molecule has 1 atom stereocenters. The molecule has 0 aliphatic heterocycles. The van der Waals surface area contributed by atoms with Crippen LogP contribution in [0.4, 0.5) is 0 Å². The second-order valence-electron chi connectivity index (χ2n) is 6.29. The number of rotatable bonds is 6. The first-order valence-corrected chi connectivity index (χ1v) is 7.58. The van der Waals surface area contributed by atoms with Crippen molar-refractivity contribution >= 4 is 23.0 Å². The summed E-state index contributed by atoms with van der Waals surface area (Å²) >= 11 is 0. The molecule has 0 fully saturated rings. The Labute approximate surface area is 134 Å². The number of pyridine rings is 1. The van der Waals surface area contributed by atoms with E-state index < -0.39 is 17.9 Å². The summed E-state index contributed by atoms with van der Waals surface area (Å²) in [6.45, 7) is 7.74. The van der Waals surface area contributed by atoms with Crippen LogP contribution in [0.3, 0.4) is 0 Å². The third-order valence-corrected chi connectivity index (χ3v) is 3.48. The van der Waals surface area contributed by atoms with E-state index in [0.29, 0.717) is 17.5 Å². The number of carbonyl (C=O) groups is 2. The summed E-state index contributed by atoms with van der Waals surface area (Å²) < 4.78 is 5.13. The molecule has 2 heterocycles. The monoisotopic (exact) mass is 319 g/mol. The molecule has 1 amide bonds. The summed E-state index contributed by atoms with van der Waals surface area (Å²) in [6.07, 6.45) is 1.72. The molecule has 124 valence electrons. The molecule has 0 bridgehead atoms. The van der Waals surface area contributed by atoms with Crippen LogP contribution in [0, 0.1) is 5.92 Å². The number of nitrogens with one attached hydrogen (secondary N) is 1. The fraction of sp³-hybridized carbons (Fsp3) is 0.500. The maximum Gasteiger partial charge on any atom is 0.326 e. The van der Waals surface area contributed by atoms with Crippen molar-refractivity contribution in [2.24, 2.45) is 5.92 Å². The topological polar surface area (TPSA) is 105 Å². The molecular weight excluding hydrogens is 298 g/mol. The number of aromatic nitrogens is 2. The van der Waals surface area contributed by atoms with Crippen molar-refractivity contribution in [2.75, 3.05) is 0 Å². The van der Waals surface area contributed by atoms with Gasteiger partial charge in [0.1, 0.15) is 6.04 Å². The minimum Gasteiger partial charge on any atom is -0.480 e. The Morgan fingerprint density at radius 3 is 2.57 bits per heavy atom. The third kappa shape index (κ3) is 3.85. The van der Waals surface area contributed by atoms with Gasteiger partial charge < -0.3 is 14.9 Å². The average Bonchev–Trinajstić information content (AvgIpc) is 2.88. The van der Waals surface area contributed by atoms with E-state index in [1.54, 1.807) is 6.07 Å². The average molecular weight is 319 g/mol. The molecule has 0 aliphatic carbocycles. The molecular formula is C16H21N3O4. The van der Waals surface area contributed by atoms with Gasteiger partial charge >= 0.3 is 5.97 Å². The summed E-state index contributed by atoms with van der Waals surface area (Å²) in [6, 6.07) is 0.711. The number of carboxylic acid groups (broad SMARTS) is 1. The predicted molar refractivity (Wildman–Crippen MR) is 84.2 cm³/mol. The summed E-state index contributed by atoms with van der Waals surface area (Å²) in [7, 11) is 0. The molecule has 2 aromatic rings. The van der Waals surface area contributed by atoms with Crippen LogP contribution in [0.2, 0.25) is 0 Å². The molecule has 0 saturated carbocycles. The van der Waals surface area contributed by atoms with Crippen LogP contribution in [0.15, 0.2) is 16.8 Å². The SMILES string of the molecule is CC(C)C[C@H](NC(=O)c1cnc2onc(C(C)C)c2c1)C(=O)O. The molecule has 0 unspecified atom stereocenters. The van der Waals surface area contributed by atoms with Crippen molar-refractivity contribution in [1.82, 2.24) is 15.5 Å². The van der Waals surface area contributed by atoms with E-state index in [-0.39, 0.29) is 17.4 Å². The fourth-order valence-corrected chi connectivity index (χ4v) is 2.33. The molecule has 0 spiro atoms. The number of carbonyl (C=O) groups excluding carboxylic acids is 1. The summed E-state index contributed by atoms with van der Waals surface area (Å²) in [5.41, 5.74) is 1.37. The van der Waals surface area contributed by atoms with Crippen molar-refractivity contribution in [3.63, 3.8) is 0 Å². The zero-order valence-electron chi connectivity index (χ0n) is 13.7. The van der Waals surface area contributed by atoms with Crippen LogP contribution in [-0.4, -0.2) is 33.2 Å². The van der Waals surface area contributed by atoms with Gasteiger partial charge in [-0.25, -0.2) is 9.78 Å². The largest absolute Gasteiger partial charge is 0.480 e. The van der Waals surface area contributed by atoms with E-state index in [1.165, 1.54) is 6.20 Å². The third-order valence-electron chi connectivity index (χ3n) is 3.48. The highest BCUT2D eigenvalue weighted by Crippen LogP contribution is 2.24. The standard InChI is InChI=1S/C16H21N3O4/c1-8(2)5-12(16(21)22)18-14(20)10-6-11-13(9(3)4)19-23-15(11)17-7-10/h6-9,12H,5H2,1-4H3,(H,18,20)(H,21,22)/t12-/m0/s1. The first kappa shape index (κ1) is 16.9. The molecule has 0 radical (unpaired) electrons. The lowest BCUT2D eigenvalue weighted by molar-refractivity contribution is -0.139. The highest BCUT2D eigenvalue weighted by Gasteiger charge is 2.23. The van der Waals surface area contributed by atoms with Crippen molar-refractivity contribution in [1.29, 1.82) is 0 Å². The summed E-state index contributed by atoms with van der Waals surface area (Å²) in [5, 5.41) is 16.4. The van der Waals surface area contributed by atoms with Gasteiger partial charge in [0.2, 0.25) is 0 Å². The Morgan fingerprint density at radius 2 is 2.00 bits per heavy atom. The van der Waals surface area contributed by atoms with Gasteiger partial charge in [-0.2, -0.15) is 0 Å². The molecule has 7 nitrogen and oxygen atoms in total. The highest BCUT2D eigenvalue weighted by atomic mass is 16.5. The molecule has 0 aliphatic rings. The number of carboxylic acids is 1. The van der Waals surface area contributed by atoms with E-state index in [9.17, 15) is 14.7 Å². The van der Waals surface area contributed by atoms with Crippen molar-refractivity contribution in [3.05, 3.63) is 23.5 Å². The number of nitrogens with zero attached hydrogens (tertiary/aromatic N) is 2. The van der Waals surface area contributed by atoms with E-state index in [4.69, 9.17) is 4.52 Å². The molecule has 2 rings (SSSR count). The number of amides is 1. The van der Waals surface area contributed by atoms with Gasteiger partial charge in [0.25, 0.3) is 11.6 Å². The van der Waals surface area contributed by atoms with E-state index in [2.05, 4.69) is 15.5 Å². The molecule has 7 heteroatoms. The van der Waals surface area contributed by atoms with Crippen LogP contribution >= 0.6 is 0 Å².